The van der Waals surface area contributed by atoms with Gasteiger partial charge in [-0.3, -0.25) is 14.1 Å². The Kier molecular flexibility index (Phi) is 5.72. The highest BCUT2D eigenvalue weighted by molar-refractivity contribution is 8.01. The van der Waals surface area contributed by atoms with Crippen LogP contribution in [0.4, 0.5) is 0 Å². The fourth-order valence-corrected chi connectivity index (χ4v) is 6.31. The lowest BCUT2D eigenvalue weighted by Crippen LogP contribution is -2.62. The molecule has 3 rings (SSSR count). The fourth-order valence-electron chi connectivity index (χ4n) is 3.68. The number of benzene rings is 1. The van der Waals surface area contributed by atoms with E-state index >= 15 is 0 Å². The van der Waals surface area contributed by atoms with Crippen LogP contribution < -0.4 is 5.32 Å². The number of nitrogens with zero attached hydrogens (tertiary/aromatic N) is 1. The molecule has 2 aliphatic rings. The van der Waals surface area contributed by atoms with Crippen LogP contribution in [0, 0.1) is 0 Å². The van der Waals surface area contributed by atoms with Gasteiger partial charge in [0.05, 0.1) is 17.8 Å². The number of fused-ring (bicyclic) bond motifs is 1. The second-order valence-corrected chi connectivity index (χ2v) is 11.0. The first-order chi connectivity index (χ1) is 13.0. The van der Waals surface area contributed by atoms with E-state index in [9.17, 15) is 22.6 Å². The molecule has 8 nitrogen and oxygen atoms in total. The molecule has 2 N–H and O–H groups in total. The van der Waals surface area contributed by atoms with Crippen LogP contribution in [0.3, 0.4) is 0 Å². The number of methoxy groups -OCH3 is 1. The van der Waals surface area contributed by atoms with E-state index in [2.05, 4.69) is 5.32 Å². The standard InChI is InChI=1S/C17H21ClN2O6S2/c1-17(2)14(20-11(21)8-12(20)27-17)16(26-3)19-15(22)13(28(23,24)25)9-4-6-10(18)7-5-9/h4-7,12-14,16H,8H2,1-3H3,(H,19,22)(H,23,24,25)/t12-,13?,14+,16?/m1/s1. The SMILES string of the molecule is COC(NC(=O)C(c1ccc(Cl)cc1)S(=O)(=O)O)[C@@H]1N2C(=O)C[C@H]2SC1(C)C. The maximum absolute atomic E-state index is 12.8. The molecule has 4 atom stereocenters. The van der Waals surface area contributed by atoms with Gasteiger partial charge >= 0.3 is 0 Å². The van der Waals surface area contributed by atoms with E-state index < -0.39 is 38.3 Å². The average molecular weight is 449 g/mol. The molecule has 28 heavy (non-hydrogen) atoms. The molecule has 2 fully saturated rings. The molecule has 0 bridgehead atoms. The van der Waals surface area contributed by atoms with Gasteiger partial charge in [0.25, 0.3) is 10.1 Å². The summed E-state index contributed by atoms with van der Waals surface area (Å²) in [5.41, 5.74) is 0.0669. The summed E-state index contributed by atoms with van der Waals surface area (Å²) in [6.45, 7) is 3.87. The van der Waals surface area contributed by atoms with Gasteiger partial charge in [0.15, 0.2) is 11.5 Å². The zero-order valence-electron chi connectivity index (χ0n) is 15.5. The van der Waals surface area contributed by atoms with Crippen molar-refractivity contribution in [1.29, 1.82) is 0 Å². The summed E-state index contributed by atoms with van der Waals surface area (Å²) in [7, 11) is -3.38. The van der Waals surface area contributed by atoms with E-state index in [4.69, 9.17) is 16.3 Å². The molecule has 11 heteroatoms. The third-order valence-electron chi connectivity index (χ3n) is 4.93. The number of thioether (sulfide) groups is 1. The van der Waals surface area contributed by atoms with Crippen LogP contribution in [0.2, 0.25) is 5.02 Å². The van der Waals surface area contributed by atoms with Gasteiger partial charge in [-0.1, -0.05) is 23.7 Å². The molecule has 2 aliphatic heterocycles. The largest absolute Gasteiger partial charge is 0.359 e. The lowest BCUT2D eigenvalue weighted by Gasteiger charge is -2.42. The average Bonchev–Trinajstić information content (AvgIpc) is 2.79. The molecule has 1 aromatic rings. The summed E-state index contributed by atoms with van der Waals surface area (Å²) >= 11 is 7.42. The van der Waals surface area contributed by atoms with Gasteiger partial charge in [-0.25, -0.2) is 0 Å². The summed E-state index contributed by atoms with van der Waals surface area (Å²) in [5, 5.41) is 1.08. The molecule has 0 aromatic heterocycles. The zero-order valence-corrected chi connectivity index (χ0v) is 17.8. The molecule has 0 radical (unpaired) electrons. The normalized spacial score (nSPS) is 25.6. The number of carbonyl (C=O) groups is 2. The fraction of sp³-hybridized carbons (Fsp3) is 0.529. The van der Waals surface area contributed by atoms with Crippen molar-refractivity contribution >= 4 is 45.3 Å². The first kappa shape index (κ1) is 21.4. The van der Waals surface area contributed by atoms with E-state index in [1.165, 1.54) is 31.4 Å². The Bertz CT molecular complexity index is 889. The Balaban J connectivity index is 1.87. The molecule has 0 spiro atoms. The number of rotatable bonds is 6. The second kappa shape index (κ2) is 7.49. The molecule has 2 unspecified atom stereocenters. The van der Waals surface area contributed by atoms with Gasteiger partial charge in [-0.2, -0.15) is 8.42 Å². The van der Waals surface area contributed by atoms with Crippen LogP contribution in [0.25, 0.3) is 0 Å². The molecule has 2 heterocycles. The Morgan fingerprint density at radius 2 is 2.00 bits per heavy atom. The Morgan fingerprint density at radius 3 is 2.50 bits per heavy atom. The van der Waals surface area contributed by atoms with Crippen molar-refractivity contribution in [3.05, 3.63) is 34.9 Å². The molecular weight excluding hydrogens is 428 g/mol. The molecule has 0 aliphatic carbocycles. The minimum absolute atomic E-state index is 0.00990. The predicted molar refractivity (Wildman–Crippen MR) is 105 cm³/mol. The van der Waals surface area contributed by atoms with Crippen LogP contribution in [-0.2, 0) is 24.4 Å². The van der Waals surface area contributed by atoms with Crippen LogP contribution in [0.1, 0.15) is 31.1 Å². The van der Waals surface area contributed by atoms with E-state index in [0.717, 1.165) is 0 Å². The third kappa shape index (κ3) is 3.88. The van der Waals surface area contributed by atoms with Crippen LogP contribution >= 0.6 is 23.4 Å². The maximum Gasteiger partial charge on any atom is 0.281 e. The van der Waals surface area contributed by atoms with E-state index in [1.54, 1.807) is 16.7 Å². The van der Waals surface area contributed by atoms with Crippen molar-refractivity contribution in [1.82, 2.24) is 10.2 Å². The van der Waals surface area contributed by atoms with E-state index in [-0.39, 0.29) is 16.8 Å². The number of ether oxygens (including phenoxy) is 1. The van der Waals surface area contributed by atoms with Gasteiger partial charge in [0.2, 0.25) is 11.8 Å². The Morgan fingerprint density at radius 1 is 1.39 bits per heavy atom. The summed E-state index contributed by atoms with van der Waals surface area (Å²) in [5.74, 6) is -0.998. The number of nitrogens with one attached hydrogen (secondary N) is 1. The summed E-state index contributed by atoms with van der Waals surface area (Å²) in [4.78, 5) is 26.5. The second-order valence-electron chi connectivity index (χ2n) is 7.24. The zero-order chi connectivity index (χ0) is 20.9. The quantitative estimate of drug-likeness (QED) is 0.387. The highest BCUT2D eigenvalue weighted by atomic mass is 35.5. The number of β-lactam (4-membered cyclic amide) rings is 1. The van der Waals surface area contributed by atoms with Crippen LogP contribution in [-0.4, -0.2) is 59.2 Å². The van der Waals surface area contributed by atoms with E-state index in [1.807, 2.05) is 13.8 Å². The summed E-state index contributed by atoms with van der Waals surface area (Å²) in [6, 6.07) is 5.08. The topological polar surface area (TPSA) is 113 Å². The van der Waals surface area contributed by atoms with Crippen molar-refractivity contribution in [3.8, 4) is 0 Å². The smallest absolute Gasteiger partial charge is 0.281 e. The Hall–Kier alpha value is -1.33. The van der Waals surface area contributed by atoms with Crippen molar-refractivity contribution in [2.45, 2.75) is 47.9 Å². The van der Waals surface area contributed by atoms with Crippen LogP contribution in [0.5, 0.6) is 0 Å². The first-order valence-electron chi connectivity index (χ1n) is 8.49. The summed E-state index contributed by atoms with van der Waals surface area (Å²) < 4.78 is 38.5. The van der Waals surface area contributed by atoms with Gasteiger partial charge in [0, 0.05) is 16.9 Å². The highest BCUT2D eigenvalue weighted by Gasteiger charge is 2.58. The van der Waals surface area contributed by atoms with Gasteiger partial charge in [0.1, 0.15) is 0 Å². The number of halogens is 1. The van der Waals surface area contributed by atoms with Gasteiger partial charge in [-0.15, -0.1) is 11.8 Å². The molecular formula is C17H21ClN2O6S2. The maximum atomic E-state index is 12.8. The van der Waals surface area contributed by atoms with Crippen LogP contribution in [0.15, 0.2) is 24.3 Å². The lowest BCUT2D eigenvalue weighted by atomic mass is 9.96. The minimum atomic E-state index is -4.75. The van der Waals surface area contributed by atoms with Crippen molar-refractivity contribution < 1.29 is 27.3 Å². The predicted octanol–water partition coefficient (Wildman–Crippen LogP) is 1.81. The minimum Gasteiger partial charge on any atom is -0.359 e. The van der Waals surface area contributed by atoms with Crippen molar-refractivity contribution in [3.63, 3.8) is 0 Å². The lowest BCUT2D eigenvalue weighted by molar-refractivity contribution is -0.151. The number of amides is 2. The number of hydrogen-bond donors (Lipinski definition) is 2. The highest BCUT2D eigenvalue weighted by Crippen LogP contribution is 2.51. The first-order valence-corrected chi connectivity index (χ1v) is 11.3. The summed E-state index contributed by atoms with van der Waals surface area (Å²) in [6.07, 6.45) is -0.520. The van der Waals surface area contributed by atoms with Gasteiger partial charge in [-0.05, 0) is 31.5 Å². The molecule has 154 valence electrons. The molecule has 0 saturated carbocycles. The molecule has 1 aromatic carbocycles. The molecule has 2 amide bonds. The number of carbonyl (C=O) groups excluding carboxylic acids is 2. The van der Waals surface area contributed by atoms with Gasteiger partial charge < -0.3 is 15.0 Å². The third-order valence-corrected chi connectivity index (χ3v) is 7.78. The molecule has 2 saturated heterocycles. The van der Waals surface area contributed by atoms with E-state index in [0.29, 0.717) is 11.4 Å². The van der Waals surface area contributed by atoms with Crippen molar-refractivity contribution in [2.24, 2.45) is 0 Å². The van der Waals surface area contributed by atoms with Crippen molar-refractivity contribution in [2.75, 3.05) is 7.11 Å². The Labute approximate surface area is 172 Å². The number of hydrogen-bond acceptors (Lipinski definition) is 6. The monoisotopic (exact) mass is 448 g/mol.